The minimum absolute atomic E-state index is 0.118. The van der Waals surface area contributed by atoms with Gasteiger partial charge in [-0.1, -0.05) is 38.8 Å². The van der Waals surface area contributed by atoms with Crippen molar-refractivity contribution in [1.29, 1.82) is 0 Å². The molecule has 3 fully saturated rings. The predicted octanol–water partition coefficient (Wildman–Crippen LogP) is 2.90. The summed E-state index contributed by atoms with van der Waals surface area (Å²) in [7, 11) is 0. The van der Waals surface area contributed by atoms with Crippen molar-refractivity contribution in [3.05, 3.63) is 11.6 Å². The molecule has 4 aliphatic rings. The number of aliphatic hydroxyl groups is 1. The largest absolute Gasteiger partial charge is 0.481 e. The fourth-order valence-corrected chi connectivity index (χ4v) is 7.51. The molecule has 2 N–H and O–H groups in total. The van der Waals surface area contributed by atoms with Crippen LogP contribution in [-0.4, -0.2) is 29.1 Å². The minimum atomic E-state index is -1.06. The Morgan fingerprint density at radius 3 is 2.67 bits per heavy atom. The molecule has 132 valence electrons. The van der Waals surface area contributed by atoms with E-state index in [0.29, 0.717) is 18.3 Å². The molecule has 0 aromatic rings. The molecule has 4 nitrogen and oxygen atoms in total. The van der Waals surface area contributed by atoms with E-state index >= 15 is 0 Å². The molecule has 4 aliphatic carbocycles. The molecule has 0 spiro atoms. The molecular weight excluding hydrogens is 304 g/mol. The SMILES string of the molecule is CC(C)C1=C[C@@H]2[C@@]3(C=O)C[C@]1(C(=O)O)[C@@]2(CO)C[C@@H]1[C@H](C)CC[C@H]13. The molecular formula is C20H28O4. The van der Waals surface area contributed by atoms with E-state index in [4.69, 9.17) is 0 Å². The van der Waals surface area contributed by atoms with Gasteiger partial charge in [-0.3, -0.25) is 4.79 Å². The van der Waals surface area contributed by atoms with E-state index in [-0.39, 0.29) is 24.4 Å². The van der Waals surface area contributed by atoms with Gasteiger partial charge in [-0.15, -0.1) is 0 Å². The molecule has 0 heterocycles. The number of carboxylic acids is 1. The lowest BCUT2D eigenvalue weighted by Crippen LogP contribution is -2.52. The smallest absolute Gasteiger partial charge is 0.314 e. The van der Waals surface area contributed by atoms with E-state index < -0.39 is 22.2 Å². The normalized spacial score (nSPS) is 51.6. The summed E-state index contributed by atoms with van der Waals surface area (Å²) in [6.07, 6.45) is 6.43. The van der Waals surface area contributed by atoms with Gasteiger partial charge in [-0.25, -0.2) is 0 Å². The van der Waals surface area contributed by atoms with Crippen molar-refractivity contribution < 1.29 is 19.8 Å². The van der Waals surface area contributed by atoms with Gasteiger partial charge < -0.3 is 15.0 Å². The number of carbonyl (C=O) groups excluding carboxylic acids is 1. The third kappa shape index (κ3) is 1.43. The number of rotatable bonds is 4. The average molecular weight is 332 g/mol. The number of carboxylic acid groups (broad SMARTS) is 1. The van der Waals surface area contributed by atoms with E-state index in [9.17, 15) is 19.8 Å². The summed E-state index contributed by atoms with van der Waals surface area (Å²) in [5, 5.41) is 20.8. The van der Waals surface area contributed by atoms with Gasteiger partial charge in [0, 0.05) is 10.8 Å². The van der Waals surface area contributed by atoms with Crippen LogP contribution in [0.1, 0.15) is 46.5 Å². The number of aldehydes is 1. The molecule has 0 aromatic heterocycles. The van der Waals surface area contributed by atoms with Gasteiger partial charge in [0.25, 0.3) is 0 Å². The Balaban J connectivity index is 1.98. The van der Waals surface area contributed by atoms with E-state index in [1.54, 1.807) is 0 Å². The van der Waals surface area contributed by atoms with Crippen LogP contribution in [0.3, 0.4) is 0 Å². The first-order valence-electron chi connectivity index (χ1n) is 9.33. The number of hydrogen-bond acceptors (Lipinski definition) is 3. The summed E-state index contributed by atoms with van der Waals surface area (Å²) < 4.78 is 0. The van der Waals surface area contributed by atoms with Crippen LogP contribution in [0.4, 0.5) is 0 Å². The standard InChI is InChI=1S/C20H28O4/c1-11(2)15-6-16-18(9-21)8-20(15,17(23)24)19(16,10-22)7-13-12(3)4-5-14(13)18/h6,9,11-14,16,22H,4-5,7-8,10H2,1-3H3,(H,23,24)/t12-,13-,14-,16-,18-,19-,20+/m1/s1. The summed E-state index contributed by atoms with van der Waals surface area (Å²) >= 11 is 0. The lowest BCUT2D eigenvalue weighted by atomic mass is 9.53. The lowest BCUT2D eigenvalue weighted by molar-refractivity contribution is -0.157. The Hall–Kier alpha value is -1.16. The fourth-order valence-electron chi connectivity index (χ4n) is 7.51. The second-order valence-corrected chi connectivity index (χ2v) is 9.22. The van der Waals surface area contributed by atoms with E-state index in [0.717, 1.165) is 31.1 Å². The number of allylic oxidation sites excluding steroid dienone is 1. The first-order valence-corrected chi connectivity index (χ1v) is 9.33. The second-order valence-electron chi connectivity index (χ2n) is 9.22. The van der Waals surface area contributed by atoms with Gasteiger partial charge >= 0.3 is 5.97 Å². The van der Waals surface area contributed by atoms with Gasteiger partial charge in [0.15, 0.2) is 0 Å². The number of carbonyl (C=O) groups is 2. The first kappa shape index (κ1) is 16.3. The number of fused-ring (bicyclic) bond motifs is 2. The van der Waals surface area contributed by atoms with Crippen LogP contribution in [0.25, 0.3) is 0 Å². The van der Waals surface area contributed by atoms with Gasteiger partial charge in [-0.2, -0.15) is 0 Å². The van der Waals surface area contributed by atoms with E-state index in [1.807, 2.05) is 13.8 Å². The third-order valence-corrected chi connectivity index (χ3v) is 8.39. The maximum absolute atomic E-state index is 12.6. The molecule has 7 atom stereocenters. The Labute approximate surface area is 143 Å². The average Bonchev–Trinajstić information content (AvgIpc) is 3.12. The van der Waals surface area contributed by atoms with Crippen molar-refractivity contribution in [1.82, 2.24) is 0 Å². The van der Waals surface area contributed by atoms with Gasteiger partial charge in [0.1, 0.15) is 6.29 Å². The van der Waals surface area contributed by atoms with Crippen LogP contribution in [0.2, 0.25) is 0 Å². The Bertz CT molecular complexity index is 638. The molecule has 0 amide bonds. The number of aliphatic carboxylic acids is 1. The highest BCUT2D eigenvalue weighted by atomic mass is 16.4. The summed E-state index contributed by atoms with van der Waals surface area (Å²) in [4.78, 5) is 25.0. The van der Waals surface area contributed by atoms with Crippen molar-refractivity contribution in [2.24, 2.45) is 45.8 Å². The van der Waals surface area contributed by atoms with Crippen LogP contribution in [-0.2, 0) is 9.59 Å². The summed E-state index contributed by atoms with van der Waals surface area (Å²) in [5.74, 6) is 0.312. The van der Waals surface area contributed by atoms with Crippen LogP contribution >= 0.6 is 0 Å². The molecule has 0 unspecified atom stereocenters. The lowest BCUT2D eigenvalue weighted by Gasteiger charge is -2.50. The summed E-state index contributed by atoms with van der Waals surface area (Å²) in [6, 6.07) is 0. The van der Waals surface area contributed by atoms with Gasteiger partial charge in [0.05, 0.1) is 12.0 Å². The van der Waals surface area contributed by atoms with Gasteiger partial charge in [-0.05, 0) is 48.9 Å². The van der Waals surface area contributed by atoms with Crippen molar-refractivity contribution >= 4 is 12.3 Å². The molecule has 4 bridgehead atoms. The first-order chi connectivity index (χ1) is 11.3. The van der Waals surface area contributed by atoms with Crippen molar-refractivity contribution in [3.8, 4) is 0 Å². The zero-order valence-electron chi connectivity index (χ0n) is 14.8. The van der Waals surface area contributed by atoms with Gasteiger partial charge in [0.2, 0.25) is 0 Å². The highest BCUT2D eigenvalue weighted by molar-refractivity contribution is 5.86. The monoisotopic (exact) mass is 332 g/mol. The fraction of sp³-hybridized carbons (Fsp3) is 0.800. The van der Waals surface area contributed by atoms with Crippen LogP contribution in [0, 0.1) is 45.8 Å². The Morgan fingerprint density at radius 1 is 1.42 bits per heavy atom. The molecule has 0 aliphatic heterocycles. The third-order valence-electron chi connectivity index (χ3n) is 8.39. The molecule has 0 radical (unpaired) electrons. The maximum Gasteiger partial charge on any atom is 0.314 e. The number of hydrogen-bond donors (Lipinski definition) is 2. The van der Waals surface area contributed by atoms with E-state index in [1.165, 1.54) is 0 Å². The zero-order valence-corrected chi connectivity index (χ0v) is 14.8. The molecule has 0 saturated heterocycles. The van der Waals surface area contributed by atoms with Crippen LogP contribution in [0.15, 0.2) is 11.6 Å². The quantitative estimate of drug-likeness (QED) is 0.613. The second kappa shape index (κ2) is 4.72. The van der Waals surface area contributed by atoms with Crippen LogP contribution in [0.5, 0.6) is 0 Å². The Kier molecular flexibility index (Phi) is 3.21. The predicted molar refractivity (Wildman–Crippen MR) is 89.1 cm³/mol. The molecule has 3 saturated carbocycles. The molecule has 4 heteroatoms. The zero-order chi connectivity index (χ0) is 17.5. The molecule has 24 heavy (non-hydrogen) atoms. The summed E-state index contributed by atoms with van der Waals surface area (Å²) in [6.45, 7) is 6.15. The van der Waals surface area contributed by atoms with Crippen LogP contribution < -0.4 is 0 Å². The highest BCUT2D eigenvalue weighted by Gasteiger charge is 2.81. The topological polar surface area (TPSA) is 74.6 Å². The van der Waals surface area contributed by atoms with Crippen molar-refractivity contribution in [2.45, 2.75) is 46.5 Å². The maximum atomic E-state index is 12.6. The van der Waals surface area contributed by atoms with Crippen molar-refractivity contribution in [3.63, 3.8) is 0 Å². The molecule has 4 rings (SSSR count). The molecule has 0 aromatic carbocycles. The Morgan fingerprint density at radius 2 is 2.12 bits per heavy atom. The highest BCUT2D eigenvalue weighted by Crippen LogP contribution is 2.80. The van der Waals surface area contributed by atoms with Crippen molar-refractivity contribution in [2.75, 3.05) is 6.61 Å². The van der Waals surface area contributed by atoms with E-state index in [2.05, 4.69) is 13.0 Å². The number of aliphatic hydroxyl groups excluding tert-OH is 1. The summed E-state index contributed by atoms with van der Waals surface area (Å²) in [5.41, 5.74) is -1.41. The minimum Gasteiger partial charge on any atom is -0.481 e.